The summed E-state index contributed by atoms with van der Waals surface area (Å²) in [4.78, 5) is 0. The Kier molecular flexibility index (Phi) is 2.17. The van der Waals surface area contributed by atoms with Gasteiger partial charge in [0.2, 0.25) is 0 Å². The van der Waals surface area contributed by atoms with E-state index in [-0.39, 0.29) is 0 Å². The molecular formula is C17H18O. The van der Waals surface area contributed by atoms with Gasteiger partial charge in [0, 0.05) is 5.39 Å². The van der Waals surface area contributed by atoms with Crippen LogP contribution in [-0.4, -0.2) is 5.11 Å². The molecule has 18 heavy (non-hydrogen) atoms. The van der Waals surface area contributed by atoms with Gasteiger partial charge in [0.1, 0.15) is 5.75 Å². The molecule has 1 fully saturated rings. The van der Waals surface area contributed by atoms with Crippen LogP contribution in [0.1, 0.15) is 42.7 Å². The molecule has 0 spiro atoms. The number of benzene rings is 2. The third-order valence-electron chi connectivity index (χ3n) is 4.99. The molecule has 1 saturated carbocycles. The largest absolute Gasteiger partial charge is 0.507 e. The Morgan fingerprint density at radius 2 is 1.83 bits per heavy atom. The summed E-state index contributed by atoms with van der Waals surface area (Å²) >= 11 is 0. The van der Waals surface area contributed by atoms with Gasteiger partial charge in [-0.3, -0.25) is 0 Å². The Morgan fingerprint density at radius 1 is 1.00 bits per heavy atom. The number of hydrogen-bond donors (Lipinski definition) is 1. The summed E-state index contributed by atoms with van der Waals surface area (Å²) in [6.45, 7) is 0. The van der Waals surface area contributed by atoms with Crippen molar-refractivity contribution in [1.29, 1.82) is 0 Å². The maximum atomic E-state index is 10.2. The van der Waals surface area contributed by atoms with Gasteiger partial charge < -0.3 is 5.11 Å². The molecule has 4 rings (SSSR count). The third kappa shape index (κ3) is 1.33. The van der Waals surface area contributed by atoms with Crippen molar-refractivity contribution in [3.8, 4) is 5.75 Å². The van der Waals surface area contributed by atoms with Gasteiger partial charge in [0.15, 0.2) is 0 Å². The average Bonchev–Trinajstić information content (AvgIpc) is 2.88. The molecule has 2 aliphatic carbocycles. The zero-order valence-corrected chi connectivity index (χ0v) is 10.5. The standard InChI is InChI=1S/C17H18O/c18-17-10-16-12-7-3-4-11(12)8-9-14(16)13-5-1-2-6-15(13)17/h1-2,5-6,10-12,18H,3-4,7-9H2/t11-,12+/m0/s1. The van der Waals surface area contributed by atoms with E-state index in [0.717, 1.165) is 11.3 Å². The molecule has 0 saturated heterocycles. The molecule has 1 N–H and O–H groups in total. The summed E-state index contributed by atoms with van der Waals surface area (Å²) < 4.78 is 0. The lowest BCUT2D eigenvalue weighted by atomic mass is 9.75. The van der Waals surface area contributed by atoms with Crippen molar-refractivity contribution in [3.05, 3.63) is 41.5 Å². The first-order chi connectivity index (χ1) is 8.84. The first kappa shape index (κ1) is 10.4. The number of hydrogen-bond acceptors (Lipinski definition) is 1. The Morgan fingerprint density at radius 3 is 2.72 bits per heavy atom. The molecule has 0 radical (unpaired) electrons. The highest BCUT2D eigenvalue weighted by atomic mass is 16.3. The van der Waals surface area contributed by atoms with Gasteiger partial charge in [-0.1, -0.05) is 30.7 Å². The number of aryl methyl sites for hydroxylation is 1. The predicted octanol–water partition coefficient (Wildman–Crippen LogP) is 4.38. The van der Waals surface area contributed by atoms with Crippen molar-refractivity contribution in [2.24, 2.45) is 5.92 Å². The highest BCUT2D eigenvalue weighted by Gasteiger charge is 2.34. The van der Waals surface area contributed by atoms with Crippen molar-refractivity contribution >= 4 is 10.8 Å². The van der Waals surface area contributed by atoms with Crippen LogP contribution < -0.4 is 0 Å². The second kappa shape index (κ2) is 3.74. The van der Waals surface area contributed by atoms with Crippen molar-refractivity contribution < 1.29 is 5.11 Å². The number of phenols is 1. The van der Waals surface area contributed by atoms with Crippen molar-refractivity contribution in [1.82, 2.24) is 0 Å². The molecule has 0 amide bonds. The van der Waals surface area contributed by atoms with E-state index in [1.807, 2.05) is 12.1 Å². The first-order valence-electron chi connectivity index (χ1n) is 7.08. The van der Waals surface area contributed by atoms with Gasteiger partial charge in [-0.15, -0.1) is 0 Å². The average molecular weight is 238 g/mol. The molecule has 0 aromatic heterocycles. The van der Waals surface area contributed by atoms with Crippen molar-refractivity contribution in [3.63, 3.8) is 0 Å². The van der Waals surface area contributed by atoms with Crippen molar-refractivity contribution in [2.45, 2.75) is 38.0 Å². The summed E-state index contributed by atoms with van der Waals surface area (Å²) in [5.74, 6) is 2.05. The summed E-state index contributed by atoms with van der Waals surface area (Å²) in [6, 6.07) is 10.4. The van der Waals surface area contributed by atoms with E-state index in [1.165, 1.54) is 48.6 Å². The Labute approximate surface area is 107 Å². The summed E-state index contributed by atoms with van der Waals surface area (Å²) in [7, 11) is 0. The maximum Gasteiger partial charge on any atom is 0.123 e. The molecule has 0 bridgehead atoms. The Bertz CT molecular complexity index is 614. The molecular weight excluding hydrogens is 220 g/mol. The summed E-state index contributed by atoms with van der Waals surface area (Å²) in [5, 5.41) is 12.5. The van der Waals surface area contributed by atoms with E-state index < -0.39 is 0 Å². The van der Waals surface area contributed by atoms with Crippen LogP contribution in [0.5, 0.6) is 5.75 Å². The van der Waals surface area contributed by atoms with Crippen LogP contribution in [0.2, 0.25) is 0 Å². The van der Waals surface area contributed by atoms with Crippen LogP contribution in [0.25, 0.3) is 10.8 Å². The van der Waals surface area contributed by atoms with Crippen LogP contribution >= 0.6 is 0 Å². The van der Waals surface area contributed by atoms with E-state index in [1.54, 1.807) is 0 Å². The van der Waals surface area contributed by atoms with Crippen LogP contribution in [0.4, 0.5) is 0 Å². The van der Waals surface area contributed by atoms with Gasteiger partial charge >= 0.3 is 0 Å². The maximum absolute atomic E-state index is 10.2. The van der Waals surface area contributed by atoms with Crippen LogP contribution in [0, 0.1) is 5.92 Å². The molecule has 0 aliphatic heterocycles. The fourth-order valence-corrected chi connectivity index (χ4v) is 4.17. The lowest BCUT2D eigenvalue weighted by molar-refractivity contribution is 0.420. The number of aromatic hydroxyl groups is 1. The Hall–Kier alpha value is -1.50. The number of fused-ring (bicyclic) bond motifs is 5. The second-order valence-electron chi connectivity index (χ2n) is 5.85. The minimum absolute atomic E-state index is 0.469. The van der Waals surface area contributed by atoms with E-state index in [2.05, 4.69) is 18.2 Å². The molecule has 0 unspecified atom stereocenters. The van der Waals surface area contributed by atoms with E-state index in [0.29, 0.717) is 11.7 Å². The minimum Gasteiger partial charge on any atom is -0.507 e. The topological polar surface area (TPSA) is 20.2 Å². The summed E-state index contributed by atoms with van der Waals surface area (Å²) in [6.07, 6.45) is 6.60. The number of rotatable bonds is 0. The van der Waals surface area contributed by atoms with Crippen molar-refractivity contribution in [2.75, 3.05) is 0 Å². The zero-order chi connectivity index (χ0) is 12.1. The summed E-state index contributed by atoms with van der Waals surface area (Å²) in [5.41, 5.74) is 2.95. The predicted molar refractivity (Wildman–Crippen MR) is 74.0 cm³/mol. The number of phenolic OH excluding ortho intramolecular Hbond substituents is 1. The smallest absolute Gasteiger partial charge is 0.123 e. The normalized spacial score (nSPS) is 26.0. The SMILES string of the molecule is Oc1cc2c(c3ccccc13)CC[C@@H]1CCC[C@@H]21. The van der Waals surface area contributed by atoms with Gasteiger partial charge in [-0.2, -0.15) is 0 Å². The molecule has 2 aromatic carbocycles. The molecule has 1 heteroatoms. The highest BCUT2D eigenvalue weighted by Crippen LogP contribution is 2.49. The first-order valence-corrected chi connectivity index (χ1v) is 7.08. The van der Waals surface area contributed by atoms with Gasteiger partial charge in [0.05, 0.1) is 0 Å². The molecule has 2 atom stereocenters. The molecule has 92 valence electrons. The zero-order valence-electron chi connectivity index (χ0n) is 10.5. The van der Waals surface area contributed by atoms with Crippen LogP contribution in [-0.2, 0) is 6.42 Å². The quantitative estimate of drug-likeness (QED) is 0.722. The third-order valence-corrected chi connectivity index (χ3v) is 4.99. The van der Waals surface area contributed by atoms with Crippen LogP contribution in [0.15, 0.2) is 30.3 Å². The lowest BCUT2D eigenvalue weighted by Gasteiger charge is -2.29. The van der Waals surface area contributed by atoms with Gasteiger partial charge in [-0.05, 0) is 60.1 Å². The second-order valence-corrected chi connectivity index (χ2v) is 5.85. The monoisotopic (exact) mass is 238 g/mol. The highest BCUT2D eigenvalue weighted by molar-refractivity contribution is 5.92. The van der Waals surface area contributed by atoms with Crippen LogP contribution in [0.3, 0.4) is 0 Å². The van der Waals surface area contributed by atoms with Gasteiger partial charge in [0.25, 0.3) is 0 Å². The molecule has 1 nitrogen and oxygen atoms in total. The molecule has 2 aromatic rings. The fraction of sp³-hybridized carbons (Fsp3) is 0.412. The van der Waals surface area contributed by atoms with Gasteiger partial charge in [-0.25, -0.2) is 0 Å². The minimum atomic E-state index is 0.469. The Balaban J connectivity index is 2.01. The molecule has 0 heterocycles. The lowest BCUT2D eigenvalue weighted by Crippen LogP contribution is -2.16. The molecule has 2 aliphatic rings. The van der Waals surface area contributed by atoms with E-state index in [9.17, 15) is 5.11 Å². The fourth-order valence-electron chi connectivity index (χ4n) is 4.17. The van der Waals surface area contributed by atoms with E-state index in [4.69, 9.17) is 0 Å². The van der Waals surface area contributed by atoms with E-state index >= 15 is 0 Å².